The third-order valence-electron chi connectivity index (χ3n) is 3.55. The number of aromatic hydroxyl groups is 1. The molecule has 0 amide bonds. The molecular weight excluding hydrogens is 346 g/mol. The quantitative estimate of drug-likeness (QED) is 0.274. The van der Waals surface area contributed by atoms with E-state index in [4.69, 9.17) is 0 Å². The van der Waals surface area contributed by atoms with Gasteiger partial charge in [0, 0.05) is 28.8 Å². The summed E-state index contributed by atoms with van der Waals surface area (Å²) in [5.74, 6) is -0.276. The summed E-state index contributed by atoms with van der Waals surface area (Å²) in [6.07, 6.45) is 0.120. The van der Waals surface area contributed by atoms with E-state index >= 15 is 0 Å². The third kappa shape index (κ3) is 4.66. The van der Waals surface area contributed by atoms with E-state index in [0.29, 0.717) is 27.9 Å². The second-order valence-electron chi connectivity index (χ2n) is 5.28. The summed E-state index contributed by atoms with van der Waals surface area (Å²) in [4.78, 5) is 30.3. The standard InChI is InChI=1S/C16H17N3O5S/c1-9-12(7-15(21)24-3)10(2)18-16(17-9)25-8-11-4-5-13(19(22)23)14(20)6-11/h4-6,20H,7-8H2,1-3H3. The molecule has 25 heavy (non-hydrogen) atoms. The molecule has 1 N–H and O–H groups in total. The summed E-state index contributed by atoms with van der Waals surface area (Å²) in [5, 5.41) is 20.9. The summed E-state index contributed by atoms with van der Waals surface area (Å²) in [5.41, 5.74) is 2.53. The third-order valence-corrected chi connectivity index (χ3v) is 4.47. The van der Waals surface area contributed by atoms with Gasteiger partial charge in [-0.2, -0.15) is 0 Å². The second-order valence-corrected chi connectivity index (χ2v) is 6.22. The van der Waals surface area contributed by atoms with Crippen molar-refractivity contribution < 1.29 is 19.6 Å². The smallest absolute Gasteiger partial charge is 0.310 e. The minimum Gasteiger partial charge on any atom is -0.502 e. The highest BCUT2D eigenvalue weighted by Gasteiger charge is 2.15. The van der Waals surface area contributed by atoms with Gasteiger partial charge in [0.1, 0.15) is 0 Å². The number of methoxy groups -OCH3 is 1. The number of hydrogen-bond donors (Lipinski definition) is 1. The fourth-order valence-electron chi connectivity index (χ4n) is 2.21. The van der Waals surface area contributed by atoms with Crippen LogP contribution in [0.2, 0.25) is 0 Å². The van der Waals surface area contributed by atoms with Gasteiger partial charge in [-0.05, 0) is 25.5 Å². The number of rotatable bonds is 6. The molecule has 0 saturated heterocycles. The van der Waals surface area contributed by atoms with Crippen LogP contribution in [0.15, 0.2) is 23.4 Å². The number of nitrogens with zero attached hydrogens (tertiary/aromatic N) is 3. The number of aryl methyl sites for hydroxylation is 2. The van der Waals surface area contributed by atoms with E-state index in [1.54, 1.807) is 19.9 Å². The molecule has 1 heterocycles. The van der Waals surface area contributed by atoms with Gasteiger partial charge in [-0.3, -0.25) is 14.9 Å². The topological polar surface area (TPSA) is 115 Å². The highest BCUT2D eigenvalue weighted by molar-refractivity contribution is 7.98. The van der Waals surface area contributed by atoms with Crippen molar-refractivity contribution in [2.24, 2.45) is 0 Å². The van der Waals surface area contributed by atoms with Crippen LogP contribution in [-0.2, 0) is 21.7 Å². The summed E-state index contributed by atoms with van der Waals surface area (Å²) in [7, 11) is 1.33. The van der Waals surface area contributed by atoms with E-state index in [1.165, 1.54) is 31.0 Å². The maximum Gasteiger partial charge on any atom is 0.310 e. The zero-order valence-corrected chi connectivity index (χ0v) is 14.8. The number of thioether (sulfide) groups is 1. The first-order valence-corrected chi connectivity index (χ1v) is 8.30. The molecule has 8 nitrogen and oxygen atoms in total. The number of carbonyl (C=O) groups excluding carboxylic acids is 1. The van der Waals surface area contributed by atoms with Gasteiger partial charge in [0.25, 0.3) is 0 Å². The number of hydrogen-bond acceptors (Lipinski definition) is 8. The summed E-state index contributed by atoms with van der Waals surface area (Å²) in [6, 6.07) is 4.20. The molecule has 0 aliphatic heterocycles. The van der Waals surface area contributed by atoms with E-state index < -0.39 is 4.92 Å². The molecule has 0 saturated carbocycles. The molecule has 1 aromatic heterocycles. The Morgan fingerprint density at radius 2 is 1.96 bits per heavy atom. The van der Waals surface area contributed by atoms with Crippen LogP contribution < -0.4 is 0 Å². The van der Waals surface area contributed by atoms with Gasteiger partial charge in [0.05, 0.1) is 18.5 Å². The van der Waals surface area contributed by atoms with Crippen molar-refractivity contribution in [3.05, 3.63) is 50.8 Å². The van der Waals surface area contributed by atoms with Crippen LogP contribution in [0, 0.1) is 24.0 Å². The largest absolute Gasteiger partial charge is 0.502 e. The van der Waals surface area contributed by atoms with Crippen molar-refractivity contribution in [1.82, 2.24) is 9.97 Å². The second kappa shape index (κ2) is 7.93. The Hall–Kier alpha value is -2.68. The Balaban J connectivity index is 2.12. The van der Waals surface area contributed by atoms with Gasteiger partial charge in [-0.1, -0.05) is 17.8 Å². The Kier molecular flexibility index (Phi) is 5.92. The summed E-state index contributed by atoms with van der Waals surface area (Å²) in [6.45, 7) is 3.60. The zero-order valence-electron chi connectivity index (χ0n) is 14.0. The number of nitro benzene ring substituents is 1. The fraction of sp³-hybridized carbons (Fsp3) is 0.312. The molecule has 2 rings (SSSR count). The summed E-state index contributed by atoms with van der Waals surface area (Å²) >= 11 is 1.34. The minimum absolute atomic E-state index is 0.120. The zero-order chi connectivity index (χ0) is 18.6. The lowest BCUT2D eigenvalue weighted by atomic mass is 10.1. The van der Waals surface area contributed by atoms with Crippen molar-refractivity contribution in [3.8, 4) is 5.75 Å². The number of benzene rings is 1. The molecule has 0 unspecified atom stereocenters. The number of phenols is 1. The van der Waals surface area contributed by atoms with Crippen molar-refractivity contribution in [2.75, 3.05) is 7.11 Å². The Morgan fingerprint density at radius 1 is 1.32 bits per heavy atom. The minimum atomic E-state index is -0.637. The van der Waals surface area contributed by atoms with E-state index in [0.717, 1.165) is 5.56 Å². The van der Waals surface area contributed by atoms with Crippen molar-refractivity contribution in [3.63, 3.8) is 0 Å². The molecule has 2 aromatic rings. The van der Waals surface area contributed by atoms with Crippen LogP contribution in [0.25, 0.3) is 0 Å². The maximum absolute atomic E-state index is 11.4. The van der Waals surface area contributed by atoms with E-state index in [9.17, 15) is 20.0 Å². The average molecular weight is 363 g/mol. The number of aromatic nitrogens is 2. The highest BCUT2D eigenvalue weighted by atomic mass is 32.2. The molecule has 0 bridgehead atoms. The molecule has 132 valence electrons. The van der Waals surface area contributed by atoms with Crippen LogP contribution in [0.1, 0.15) is 22.5 Å². The van der Waals surface area contributed by atoms with E-state index in [2.05, 4.69) is 14.7 Å². The van der Waals surface area contributed by atoms with Gasteiger partial charge in [0.15, 0.2) is 10.9 Å². The number of phenolic OH excluding ortho intramolecular Hbond substituents is 1. The Labute approximate surface area is 148 Å². The van der Waals surface area contributed by atoms with E-state index in [1.807, 2.05) is 0 Å². The lowest BCUT2D eigenvalue weighted by molar-refractivity contribution is -0.385. The first-order chi connectivity index (χ1) is 11.8. The first-order valence-electron chi connectivity index (χ1n) is 7.31. The SMILES string of the molecule is COC(=O)Cc1c(C)nc(SCc2ccc([N+](=O)[O-])c(O)c2)nc1C. The van der Waals surface area contributed by atoms with Gasteiger partial charge in [-0.15, -0.1) is 0 Å². The van der Waals surface area contributed by atoms with Crippen molar-refractivity contribution >= 4 is 23.4 Å². The van der Waals surface area contributed by atoms with Gasteiger partial charge in [-0.25, -0.2) is 9.97 Å². The molecule has 0 fully saturated rings. The Morgan fingerprint density at radius 3 is 2.48 bits per heavy atom. The molecule has 0 radical (unpaired) electrons. The highest BCUT2D eigenvalue weighted by Crippen LogP contribution is 2.29. The number of carbonyl (C=O) groups is 1. The van der Waals surface area contributed by atoms with Gasteiger partial charge < -0.3 is 9.84 Å². The van der Waals surface area contributed by atoms with Crippen molar-refractivity contribution in [2.45, 2.75) is 31.2 Å². The molecule has 9 heteroatoms. The van der Waals surface area contributed by atoms with Crippen LogP contribution in [0.3, 0.4) is 0 Å². The van der Waals surface area contributed by atoms with Crippen LogP contribution in [-0.4, -0.2) is 33.1 Å². The number of nitro groups is 1. The fourth-order valence-corrected chi connectivity index (χ4v) is 3.08. The predicted molar refractivity (Wildman–Crippen MR) is 91.5 cm³/mol. The normalized spacial score (nSPS) is 10.5. The van der Waals surface area contributed by atoms with Crippen LogP contribution >= 0.6 is 11.8 Å². The van der Waals surface area contributed by atoms with E-state index in [-0.39, 0.29) is 23.8 Å². The van der Waals surface area contributed by atoms with Crippen LogP contribution in [0.4, 0.5) is 5.69 Å². The van der Waals surface area contributed by atoms with Gasteiger partial charge >= 0.3 is 11.7 Å². The molecule has 0 spiro atoms. The monoisotopic (exact) mass is 363 g/mol. The number of ether oxygens (including phenoxy) is 1. The summed E-state index contributed by atoms with van der Waals surface area (Å²) < 4.78 is 4.67. The molecule has 0 aliphatic carbocycles. The molecule has 0 aliphatic rings. The molecule has 1 aromatic carbocycles. The molecular formula is C16H17N3O5S. The van der Waals surface area contributed by atoms with Gasteiger partial charge in [0.2, 0.25) is 0 Å². The lowest BCUT2D eigenvalue weighted by Crippen LogP contribution is -2.10. The van der Waals surface area contributed by atoms with Crippen LogP contribution in [0.5, 0.6) is 5.75 Å². The average Bonchev–Trinajstić information content (AvgIpc) is 2.55. The maximum atomic E-state index is 11.4. The number of esters is 1. The lowest BCUT2D eigenvalue weighted by Gasteiger charge is -2.10. The Bertz CT molecular complexity index is 802. The molecule has 0 atom stereocenters. The van der Waals surface area contributed by atoms with Crippen molar-refractivity contribution in [1.29, 1.82) is 0 Å². The first kappa shape index (κ1) is 18.7. The predicted octanol–water partition coefficient (Wildman–Crippen LogP) is 2.72.